The minimum atomic E-state index is -4.61. The van der Waals surface area contributed by atoms with Crippen molar-refractivity contribution in [3.8, 4) is 5.75 Å². The first kappa shape index (κ1) is 18.8. The molecule has 9 heteroatoms. The van der Waals surface area contributed by atoms with E-state index < -0.39 is 23.3 Å². The number of carbonyl (C=O) groups is 1. The Morgan fingerprint density at radius 3 is 2.56 bits per heavy atom. The number of hydrogen-bond acceptors (Lipinski definition) is 4. The van der Waals surface area contributed by atoms with Crippen molar-refractivity contribution in [1.29, 1.82) is 0 Å². The van der Waals surface area contributed by atoms with Crippen LogP contribution in [-0.2, 0) is 6.18 Å². The molecule has 3 aromatic rings. The molecule has 2 aromatic carbocycles. The second-order valence-electron chi connectivity index (χ2n) is 5.50. The summed E-state index contributed by atoms with van der Waals surface area (Å²) < 4.78 is 48.6. The molecule has 5 nitrogen and oxygen atoms in total. The van der Waals surface area contributed by atoms with Gasteiger partial charge in [-0.3, -0.25) is 4.79 Å². The molecule has 0 aliphatic heterocycles. The van der Waals surface area contributed by atoms with Crippen LogP contribution in [0.4, 0.5) is 18.9 Å². The lowest BCUT2D eigenvalue weighted by atomic mass is 10.1. The second-order valence-corrected chi connectivity index (χ2v) is 5.90. The number of hydrogen-bond donors (Lipinski definition) is 1. The van der Waals surface area contributed by atoms with E-state index in [1.807, 2.05) is 0 Å². The van der Waals surface area contributed by atoms with E-state index in [2.05, 4.69) is 5.32 Å². The normalized spacial score (nSPS) is 11.4. The van der Waals surface area contributed by atoms with Crippen LogP contribution in [0.2, 0.25) is 5.02 Å². The average molecular weight is 398 g/mol. The molecule has 0 aliphatic carbocycles. The van der Waals surface area contributed by atoms with E-state index in [-0.39, 0.29) is 21.9 Å². The van der Waals surface area contributed by atoms with Crippen molar-refractivity contribution in [3.05, 3.63) is 69.0 Å². The van der Waals surface area contributed by atoms with Gasteiger partial charge in [0.05, 0.1) is 23.4 Å². The van der Waals surface area contributed by atoms with E-state index in [4.69, 9.17) is 20.8 Å². The highest BCUT2D eigenvalue weighted by molar-refractivity contribution is 6.34. The molecule has 0 bridgehead atoms. The summed E-state index contributed by atoms with van der Waals surface area (Å²) in [6.07, 6.45) is -4.61. The van der Waals surface area contributed by atoms with Gasteiger partial charge in [0, 0.05) is 11.5 Å². The Hall–Kier alpha value is -3.00. The molecule has 3 rings (SSSR count). The van der Waals surface area contributed by atoms with Gasteiger partial charge < -0.3 is 14.5 Å². The first-order valence-electron chi connectivity index (χ1n) is 7.49. The lowest BCUT2D eigenvalue weighted by molar-refractivity contribution is -0.137. The fourth-order valence-electron chi connectivity index (χ4n) is 2.36. The van der Waals surface area contributed by atoms with Gasteiger partial charge in [0.15, 0.2) is 0 Å². The molecule has 0 unspecified atom stereocenters. The van der Waals surface area contributed by atoms with Crippen LogP contribution in [0.25, 0.3) is 11.0 Å². The maximum atomic E-state index is 12.8. The predicted molar refractivity (Wildman–Crippen MR) is 93.4 cm³/mol. The van der Waals surface area contributed by atoms with E-state index in [0.717, 1.165) is 12.1 Å². The molecule has 1 amide bonds. The van der Waals surface area contributed by atoms with Crippen LogP contribution >= 0.6 is 11.6 Å². The molecule has 1 heterocycles. The summed E-state index contributed by atoms with van der Waals surface area (Å²) in [5.41, 5.74) is -2.38. The van der Waals surface area contributed by atoms with Crippen LogP contribution in [0.5, 0.6) is 5.75 Å². The van der Waals surface area contributed by atoms with Crippen molar-refractivity contribution in [1.82, 2.24) is 0 Å². The molecule has 27 heavy (non-hydrogen) atoms. The summed E-state index contributed by atoms with van der Waals surface area (Å²) in [7, 11) is 1.44. The van der Waals surface area contributed by atoms with Crippen molar-refractivity contribution in [2.75, 3.05) is 12.4 Å². The molecule has 0 saturated carbocycles. The van der Waals surface area contributed by atoms with Crippen molar-refractivity contribution in [3.63, 3.8) is 0 Å². The van der Waals surface area contributed by atoms with Gasteiger partial charge in [-0.2, -0.15) is 13.2 Å². The summed E-state index contributed by atoms with van der Waals surface area (Å²) in [5, 5.41) is 2.55. The SMILES string of the molecule is COc1ccc2cc(C(=O)Nc3cc(C(F)(F)F)ccc3Cl)c(=O)oc2c1. The van der Waals surface area contributed by atoms with Gasteiger partial charge in [-0.25, -0.2) is 4.79 Å². The first-order chi connectivity index (χ1) is 12.7. The molecule has 0 atom stereocenters. The standard InChI is InChI=1S/C18H11ClF3NO4/c1-26-11-4-2-9-6-12(17(25)27-15(9)8-11)16(24)23-14-7-10(18(20,21)22)3-5-13(14)19/h2-8H,1H3,(H,23,24). The van der Waals surface area contributed by atoms with E-state index in [0.29, 0.717) is 17.2 Å². The molecule has 0 fully saturated rings. The minimum Gasteiger partial charge on any atom is -0.497 e. The fourth-order valence-corrected chi connectivity index (χ4v) is 2.53. The third-order valence-electron chi connectivity index (χ3n) is 3.73. The molecule has 0 spiro atoms. The van der Waals surface area contributed by atoms with Gasteiger partial charge in [0.25, 0.3) is 5.91 Å². The molecule has 0 aliphatic rings. The Morgan fingerprint density at radius 1 is 1.15 bits per heavy atom. The molecule has 140 valence electrons. The van der Waals surface area contributed by atoms with Gasteiger partial charge in [0.1, 0.15) is 16.9 Å². The lowest BCUT2D eigenvalue weighted by Crippen LogP contribution is -2.21. The van der Waals surface area contributed by atoms with Gasteiger partial charge >= 0.3 is 11.8 Å². The van der Waals surface area contributed by atoms with Crippen molar-refractivity contribution in [2.24, 2.45) is 0 Å². The number of nitrogens with one attached hydrogen (secondary N) is 1. The van der Waals surface area contributed by atoms with Crippen LogP contribution in [-0.4, -0.2) is 13.0 Å². The molecule has 0 saturated heterocycles. The summed E-state index contributed by atoms with van der Waals surface area (Å²) in [6, 6.07) is 8.41. The smallest absolute Gasteiger partial charge is 0.416 e. The highest BCUT2D eigenvalue weighted by atomic mass is 35.5. The van der Waals surface area contributed by atoms with Crippen molar-refractivity contribution >= 4 is 34.2 Å². The Morgan fingerprint density at radius 2 is 1.89 bits per heavy atom. The van der Waals surface area contributed by atoms with E-state index in [1.165, 1.54) is 19.2 Å². The Labute approximate surface area is 155 Å². The monoisotopic (exact) mass is 397 g/mol. The van der Waals surface area contributed by atoms with Crippen LogP contribution in [0.15, 0.2) is 51.7 Å². The van der Waals surface area contributed by atoms with Crippen LogP contribution in [0, 0.1) is 0 Å². The molecule has 1 aromatic heterocycles. The third-order valence-corrected chi connectivity index (χ3v) is 4.06. The maximum absolute atomic E-state index is 12.8. The Kier molecular flexibility index (Phi) is 4.84. The number of ether oxygens (including phenoxy) is 1. The Balaban J connectivity index is 1.97. The predicted octanol–water partition coefficient (Wildman–Crippen LogP) is 4.73. The lowest BCUT2D eigenvalue weighted by Gasteiger charge is -2.11. The fraction of sp³-hybridized carbons (Fsp3) is 0.111. The summed E-state index contributed by atoms with van der Waals surface area (Å²) in [6.45, 7) is 0. The zero-order valence-electron chi connectivity index (χ0n) is 13.7. The highest BCUT2D eigenvalue weighted by Crippen LogP contribution is 2.34. The molecular weight excluding hydrogens is 387 g/mol. The van der Waals surface area contributed by atoms with Crippen LogP contribution in [0.1, 0.15) is 15.9 Å². The summed E-state index contributed by atoms with van der Waals surface area (Å²) in [5.74, 6) is -0.485. The van der Waals surface area contributed by atoms with E-state index in [1.54, 1.807) is 12.1 Å². The number of carbonyl (C=O) groups excluding carboxylic acids is 1. The number of fused-ring (bicyclic) bond motifs is 1. The number of halogens is 4. The number of alkyl halides is 3. The van der Waals surface area contributed by atoms with Crippen LogP contribution < -0.4 is 15.7 Å². The van der Waals surface area contributed by atoms with Crippen molar-refractivity contribution in [2.45, 2.75) is 6.18 Å². The number of methoxy groups -OCH3 is 1. The number of benzene rings is 2. The zero-order valence-corrected chi connectivity index (χ0v) is 14.4. The third kappa shape index (κ3) is 3.90. The summed E-state index contributed by atoms with van der Waals surface area (Å²) in [4.78, 5) is 24.5. The molecule has 1 N–H and O–H groups in total. The van der Waals surface area contributed by atoms with Crippen molar-refractivity contribution < 1.29 is 27.1 Å². The molecule has 0 radical (unpaired) electrons. The second kappa shape index (κ2) is 6.96. The largest absolute Gasteiger partial charge is 0.497 e. The number of anilines is 1. The van der Waals surface area contributed by atoms with Gasteiger partial charge in [0.2, 0.25) is 0 Å². The topological polar surface area (TPSA) is 68.5 Å². The number of amides is 1. The molecular formula is C18H11ClF3NO4. The van der Waals surface area contributed by atoms with E-state index >= 15 is 0 Å². The average Bonchev–Trinajstić information content (AvgIpc) is 2.61. The maximum Gasteiger partial charge on any atom is 0.416 e. The number of rotatable bonds is 3. The van der Waals surface area contributed by atoms with Gasteiger partial charge in [-0.1, -0.05) is 11.6 Å². The highest BCUT2D eigenvalue weighted by Gasteiger charge is 2.31. The van der Waals surface area contributed by atoms with Gasteiger partial charge in [-0.15, -0.1) is 0 Å². The summed E-state index contributed by atoms with van der Waals surface area (Å²) >= 11 is 5.85. The van der Waals surface area contributed by atoms with Crippen LogP contribution in [0.3, 0.4) is 0 Å². The minimum absolute atomic E-state index is 0.105. The first-order valence-corrected chi connectivity index (χ1v) is 7.87. The zero-order chi connectivity index (χ0) is 19.8. The Bertz CT molecular complexity index is 1090. The van der Waals surface area contributed by atoms with E-state index in [9.17, 15) is 22.8 Å². The quantitative estimate of drug-likeness (QED) is 0.649. The van der Waals surface area contributed by atoms with Gasteiger partial charge in [-0.05, 0) is 36.4 Å².